The Morgan fingerprint density at radius 3 is 2.60 bits per heavy atom. The van der Waals surface area contributed by atoms with E-state index in [1.807, 2.05) is 0 Å². The van der Waals surface area contributed by atoms with Crippen molar-refractivity contribution in [2.24, 2.45) is 0 Å². The van der Waals surface area contributed by atoms with Crippen molar-refractivity contribution in [2.45, 2.75) is 13.5 Å². The predicted molar refractivity (Wildman–Crippen MR) is 66.3 cm³/mol. The van der Waals surface area contributed by atoms with E-state index in [0.717, 1.165) is 12.1 Å². The Kier molecular flexibility index (Phi) is 3.88. The van der Waals surface area contributed by atoms with Gasteiger partial charge >= 0.3 is 5.82 Å². The van der Waals surface area contributed by atoms with Crippen molar-refractivity contribution in [3.8, 4) is 5.75 Å². The van der Waals surface area contributed by atoms with E-state index in [0.29, 0.717) is 5.56 Å². The van der Waals surface area contributed by atoms with E-state index in [2.05, 4.69) is 4.98 Å². The topological polar surface area (TPSA) is 65.3 Å². The third-order valence-electron chi connectivity index (χ3n) is 2.58. The molecule has 1 aromatic heterocycles. The van der Waals surface area contributed by atoms with Crippen molar-refractivity contribution < 1.29 is 18.4 Å². The third-order valence-corrected chi connectivity index (χ3v) is 2.58. The number of aryl methyl sites for hydroxylation is 1. The zero-order valence-electron chi connectivity index (χ0n) is 10.5. The molecule has 0 unspecified atom stereocenters. The third kappa shape index (κ3) is 2.87. The summed E-state index contributed by atoms with van der Waals surface area (Å²) >= 11 is 0. The molecular weight excluding hydrogens is 270 g/mol. The molecule has 0 atom stereocenters. The summed E-state index contributed by atoms with van der Waals surface area (Å²) in [7, 11) is 0. The average Bonchev–Trinajstić information content (AvgIpc) is 2.37. The molecule has 2 rings (SSSR count). The van der Waals surface area contributed by atoms with Crippen molar-refractivity contribution in [3.05, 3.63) is 63.3 Å². The van der Waals surface area contributed by atoms with Gasteiger partial charge in [0.2, 0.25) is 5.75 Å². The van der Waals surface area contributed by atoms with Crippen LogP contribution in [-0.2, 0) is 6.61 Å². The number of nitrogens with zero attached hydrogens (tertiary/aromatic N) is 2. The molecule has 0 aliphatic heterocycles. The molecule has 0 fully saturated rings. The minimum Gasteiger partial charge on any atom is -0.481 e. The molecule has 0 bridgehead atoms. The van der Waals surface area contributed by atoms with Crippen molar-refractivity contribution >= 4 is 5.82 Å². The first-order valence-electron chi connectivity index (χ1n) is 5.65. The summed E-state index contributed by atoms with van der Waals surface area (Å²) in [5.41, 5.74) is 0.350. The first-order valence-corrected chi connectivity index (χ1v) is 5.65. The largest absolute Gasteiger partial charge is 0.481 e. The van der Waals surface area contributed by atoms with Crippen molar-refractivity contribution in [2.75, 3.05) is 0 Å². The summed E-state index contributed by atoms with van der Waals surface area (Å²) in [6.07, 6.45) is 1.31. The molecule has 5 nitrogen and oxygen atoms in total. The monoisotopic (exact) mass is 280 g/mol. The van der Waals surface area contributed by atoms with Crippen LogP contribution in [0.3, 0.4) is 0 Å². The maximum atomic E-state index is 13.4. The summed E-state index contributed by atoms with van der Waals surface area (Å²) in [4.78, 5) is 13.7. The Labute approximate surface area is 113 Å². The normalized spacial score (nSPS) is 10.3. The molecule has 0 amide bonds. The van der Waals surface area contributed by atoms with Crippen molar-refractivity contribution in [1.82, 2.24) is 4.98 Å². The molecule has 20 heavy (non-hydrogen) atoms. The highest BCUT2D eigenvalue weighted by Crippen LogP contribution is 2.26. The first-order chi connectivity index (χ1) is 9.49. The molecule has 0 saturated heterocycles. The highest BCUT2D eigenvalue weighted by Gasteiger charge is 2.18. The van der Waals surface area contributed by atoms with Crippen LogP contribution in [0.4, 0.5) is 14.6 Å². The molecule has 0 N–H and O–H groups in total. The van der Waals surface area contributed by atoms with Gasteiger partial charge in [-0.3, -0.25) is 0 Å². The van der Waals surface area contributed by atoms with Gasteiger partial charge in [-0.25, -0.2) is 8.78 Å². The zero-order valence-corrected chi connectivity index (χ0v) is 10.5. The van der Waals surface area contributed by atoms with E-state index in [1.54, 1.807) is 6.92 Å². The second kappa shape index (κ2) is 5.60. The standard InChI is InChI=1S/C13H10F2N2O3/c1-8-5-12(13(16-6-8)17(18)19)20-7-9-10(14)3-2-4-11(9)15/h2-6H,7H2,1H3. The lowest BCUT2D eigenvalue weighted by Gasteiger charge is -2.08. The highest BCUT2D eigenvalue weighted by molar-refractivity contribution is 5.41. The molecule has 1 heterocycles. The van der Waals surface area contributed by atoms with Gasteiger partial charge in [0.05, 0.1) is 5.56 Å². The molecule has 0 spiro atoms. The number of halogens is 2. The van der Waals surface area contributed by atoms with Crippen LogP contribution in [0.25, 0.3) is 0 Å². The van der Waals surface area contributed by atoms with E-state index < -0.39 is 29.0 Å². The van der Waals surface area contributed by atoms with E-state index in [-0.39, 0.29) is 11.3 Å². The molecule has 2 aromatic rings. The lowest BCUT2D eigenvalue weighted by atomic mass is 10.2. The maximum absolute atomic E-state index is 13.4. The molecule has 1 aromatic carbocycles. The minimum atomic E-state index is -0.770. The number of hydrogen-bond acceptors (Lipinski definition) is 4. The van der Waals surface area contributed by atoms with Gasteiger partial charge in [0.25, 0.3) is 0 Å². The number of rotatable bonds is 4. The van der Waals surface area contributed by atoms with E-state index in [9.17, 15) is 18.9 Å². The molecule has 0 aliphatic rings. The Bertz CT molecular complexity index is 642. The molecule has 104 valence electrons. The Morgan fingerprint density at radius 1 is 1.35 bits per heavy atom. The van der Waals surface area contributed by atoms with Crippen molar-refractivity contribution in [3.63, 3.8) is 0 Å². The molecule has 0 radical (unpaired) electrons. The second-order valence-corrected chi connectivity index (χ2v) is 4.08. The predicted octanol–water partition coefficient (Wildman–Crippen LogP) is 3.16. The van der Waals surface area contributed by atoms with E-state index in [1.165, 1.54) is 18.3 Å². The van der Waals surface area contributed by atoms with Crippen LogP contribution in [-0.4, -0.2) is 9.91 Å². The molecule has 0 aliphatic carbocycles. The molecule has 0 saturated carbocycles. The SMILES string of the molecule is Cc1cnc([N+](=O)[O-])c(OCc2c(F)cccc2F)c1. The van der Waals surface area contributed by atoms with Crippen molar-refractivity contribution in [1.29, 1.82) is 0 Å². The number of benzene rings is 1. The fraction of sp³-hybridized carbons (Fsp3) is 0.154. The van der Waals surface area contributed by atoms with Gasteiger partial charge < -0.3 is 14.9 Å². The lowest BCUT2D eigenvalue weighted by Crippen LogP contribution is -2.04. The lowest BCUT2D eigenvalue weighted by molar-refractivity contribution is -0.390. The van der Waals surface area contributed by atoms with E-state index >= 15 is 0 Å². The average molecular weight is 280 g/mol. The Hall–Kier alpha value is -2.57. The van der Waals surface area contributed by atoms with Gasteiger partial charge in [0, 0.05) is 0 Å². The number of ether oxygens (including phenoxy) is 1. The fourth-order valence-electron chi connectivity index (χ4n) is 1.60. The number of hydrogen-bond donors (Lipinski definition) is 0. The zero-order chi connectivity index (χ0) is 14.7. The van der Waals surface area contributed by atoms with Gasteiger partial charge in [0.1, 0.15) is 24.4 Å². The van der Waals surface area contributed by atoms with Crippen LogP contribution in [0, 0.1) is 28.7 Å². The molecule has 7 heteroatoms. The van der Waals surface area contributed by atoms with Gasteiger partial charge in [0.15, 0.2) is 0 Å². The minimum absolute atomic E-state index is 0.127. The quantitative estimate of drug-likeness (QED) is 0.637. The van der Waals surface area contributed by atoms with Crippen LogP contribution >= 0.6 is 0 Å². The van der Waals surface area contributed by atoms with Gasteiger partial charge in [-0.05, 0) is 40.6 Å². The summed E-state index contributed by atoms with van der Waals surface area (Å²) in [6, 6.07) is 4.80. The highest BCUT2D eigenvalue weighted by atomic mass is 19.1. The second-order valence-electron chi connectivity index (χ2n) is 4.08. The maximum Gasteiger partial charge on any atom is 0.406 e. The first kappa shape index (κ1) is 13.9. The van der Waals surface area contributed by atoms with Gasteiger partial charge in [-0.1, -0.05) is 6.07 Å². The van der Waals surface area contributed by atoms with Crippen LogP contribution in [0.1, 0.15) is 11.1 Å². The number of pyridine rings is 1. The number of nitro groups is 1. The van der Waals surface area contributed by atoms with Crippen LogP contribution in [0.15, 0.2) is 30.5 Å². The summed E-state index contributed by atoms with van der Waals surface area (Å²) in [6.45, 7) is 1.22. The van der Waals surface area contributed by atoms with Crippen LogP contribution < -0.4 is 4.74 Å². The summed E-state index contributed by atoms with van der Waals surface area (Å²) in [5, 5.41) is 10.8. The Morgan fingerprint density at radius 2 is 2.00 bits per heavy atom. The smallest absolute Gasteiger partial charge is 0.406 e. The fourth-order valence-corrected chi connectivity index (χ4v) is 1.60. The van der Waals surface area contributed by atoms with E-state index in [4.69, 9.17) is 4.74 Å². The summed E-state index contributed by atoms with van der Waals surface area (Å²) in [5.74, 6) is -2.16. The van der Waals surface area contributed by atoms with Gasteiger partial charge in [-0.2, -0.15) is 0 Å². The summed E-state index contributed by atoms with van der Waals surface area (Å²) < 4.78 is 32.0. The van der Waals surface area contributed by atoms with Crippen LogP contribution in [0.5, 0.6) is 5.75 Å². The van der Waals surface area contributed by atoms with Gasteiger partial charge in [-0.15, -0.1) is 0 Å². The van der Waals surface area contributed by atoms with Crippen LogP contribution in [0.2, 0.25) is 0 Å². The Balaban J connectivity index is 2.27. The molecular formula is C13H10F2N2O3. The number of aromatic nitrogens is 1.